The number of aryl methyl sites for hydroxylation is 1. The SMILES string of the molecule is COc1c(O)ccc2c1-c1ccc3c(c1/C(=C/c1oc(C)cc1CO)O2)C(C)=CC(C)(C)N3. The molecule has 0 atom stereocenters. The normalized spacial score (nSPS) is 16.8. The molecule has 0 unspecified atom stereocenters. The number of nitrogens with one attached hydrogen (secondary N) is 1. The zero-order valence-corrected chi connectivity index (χ0v) is 19.4. The summed E-state index contributed by atoms with van der Waals surface area (Å²) in [5.41, 5.74) is 6.08. The maximum absolute atomic E-state index is 10.5. The molecule has 0 saturated carbocycles. The smallest absolute Gasteiger partial charge is 0.172 e. The van der Waals surface area contributed by atoms with E-state index in [1.807, 2.05) is 25.1 Å². The predicted molar refractivity (Wildman–Crippen MR) is 129 cm³/mol. The Morgan fingerprint density at radius 3 is 2.61 bits per heavy atom. The van der Waals surface area contributed by atoms with Gasteiger partial charge in [0, 0.05) is 34.0 Å². The Kier molecular flexibility index (Phi) is 4.79. The van der Waals surface area contributed by atoms with E-state index in [-0.39, 0.29) is 17.9 Å². The average molecular weight is 446 g/mol. The summed E-state index contributed by atoms with van der Waals surface area (Å²) < 4.78 is 17.8. The molecular weight excluding hydrogens is 418 g/mol. The van der Waals surface area contributed by atoms with E-state index in [9.17, 15) is 10.2 Å². The van der Waals surface area contributed by atoms with E-state index in [1.165, 1.54) is 7.11 Å². The van der Waals surface area contributed by atoms with Crippen LogP contribution in [0.4, 0.5) is 5.69 Å². The van der Waals surface area contributed by atoms with Gasteiger partial charge in [-0.15, -0.1) is 0 Å². The van der Waals surface area contributed by atoms with Crippen LogP contribution in [0.5, 0.6) is 17.2 Å². The van der Waals surface area contributed by atoms with Crippen molar-refractivity contribution in [3.8, 4) is 28.4 Å². The van der Waals surface area contributed by atoms with Gasteiger partial charge in [0.05, 0.1) is 24.8 Å². The van der Waals surface area contributed by atoms with Gasteiger partial charge in [-0.05, 0) is 57.5 Å². The van der Waals surface area contributed by atoms with Crippen molar-refractivity contribution in [3.63, 3.8) is 0 Å². The molecule has 170 valence electrons. The second kappa shape index (κ2) is 7.46. The third kappa shape index (κ3) is 3.38. The topological polar surface area (TPSA) is 84.1 Å². The zero-order valence-electron chi connectivity index (χ0n) is 19.4. The van der Waals surface area contributed by atoms with Crippen LogP contribution >= 0.6 is 0 Å². The average Bonchev–Trinajstić information content (AvgIpc) is 3.11. The molecule has 0 amide bonds. The fourth-order valence-corrected chi connectivity index (χ4v) is 4.90. The quantitative estimate of drug-likeness (QED) is 0.461. The number of furan rings is 1. The molecule has 0 fully saturated rings. The van der Waals surface area contributed by atoms with Gasteiger partial charge in [0.2, 0.25) is 0 Å². The summed E-state index contributed by atoms with van der Waals surface area (Å²) in [5, 5.41) is 23.9. The largest absolute Gasteiger partial charge is 0.504 e. The molecule has 33 heavy (non-hydrogen) atoms. The van der Waals surface area contributed by atoms with Gasteiger partial charge in [-0.2, -0.15) is 0 Å². The maximum Gasteiger partial charge on any atom is 0.172 e. The Morgan fingerprint density at radius 1 is 1.09 bits per heavy atom. The summed E-state index contributed by atoms with van der Waals surface area (Å²) in [6, 6.07) is 9.19. The molecule has 3 N–H and O–H groups in total. The van der Waals surface area contributed by atoms with Crippen molar-refractivity contribution in [2.75, 3.05) is 12.4 Å². The number of benzene rings is 2. The molecule has 0 spiro atoms. The van der Waals surface area contributed by atoms with Crippen LogP contribution in [0.3, 0.4) is 0 Å². The zero-order chi connectivity index (χ0) is 23.5. The highest BCUT2D eigenvalue weighted by Gasteiger charge is 2.33. The number of phenols is 1. The first kappa shape index (κ1) is 21.2. The Hall–Kier alpha value is -3.64. The molecule has 2 aliphatic heterocycles. The molecule has 2 aromatic carbocycles. The van der Waals surface area contributed by atoms with E-state index in [0.29, 0.717) is 39.9 Å². The van der Waals surface area contributed by atoms with Crippen LogP contribution in [-0.2, 0) is 6.61 Å². The molecule has 3 aromatic rings. The molecule has 1 aromatic heterocycles. The number of methoxy groups -OCH3 is 1. The fourth-order valence-electron chi connectivity index (χ4n) is 4.90. The highest BCUT2D eigenvalue weighted by atomic mass is 16.5. The summed E-state index contributed by atoms with van der Waals surface area (Å²) >= 11 is 0. The third-order valence-electron chi connectivity index (χ3n) is 6.07. The van der Waals surface area contributed by atoms with Crippen LogP contribution in [0.25, 0.3) is 28.5 Å². The van der Waals surface area contributed by atoms with Gasteiger partial charge in [0.1, 0.15) is 23.0 Å². The second-order valence-electron chi connectivity index (χ2n) is 9.09. The number of phenolic OH excluding ortho intramolecular Hbond substituents is 1. The summed E-state index contributed by atoms with van der Waals surface area (Å²) in [7, 11) is 1.53. The summed E-state index contributed by atoms with van der Waals surface area (Å²) in [6.45, 7) is 8.05. The highest BCUT2D eigenvalue weighted by Crippen LogP contribution is 2.54. The minimum absolute atomic E-state index is 0.0479. The standard InChI is InChI=1S/C27H27NO5/c1-14-12-27(3,4)28-18-7-6-17-24(23(14)18)22(11-21-16(13-29)10-15(2)32-21)33-20-9-8-19(30)26(31-5)25(17)20/h6-12,28-30H,13H2,1-5H3/b22-11-. The van der Waals surface area contributed by atoms with Crippen molar-refractivity contribution >= 4 is 23.1 Å². The van der Waals surface area contributed by atoms with E-state index in [0.717, 1.165) is 28.0 Å². The molecule has 0 radical (unpaired) electrons. The minimum atomic E-state index is -0.194. The van der Waals surface area contributed by atoms with Crippen LogP contribution in [0, 0.1) is 6.92 Å². The molecule has 0 saturated heterocycles. The molecule has 0 aliphatic carbocycles. The molecular formula is C27H27NO5. The Bertz CT molecular complexity index is 1340. The fraction of sp³-hybridized carbons (Fsp3) is 0.259. The second-order valence-corrected chi connectivity index (χ2v) is 9.09. The van der Waals surface area contributed by atoms with Crippen molar-refractivity contribution < 1.29 is 24.1 Å². The Labute approximate surface area is 192 Å². The number of fused-ring (bicyclic) bond motifs is 5. The van der Waals surface area contributed by atoms with Crippen molar-refractivity contribution in [2.45, 2.75) is 39.8 Å². The van der Waals surface area contributed by atoms with Crippen LogP contribution in [0.15, 0.2) is 40.8 Å². The van der Waals surface area contributed by atoms with Crippen molar-refractivity contribution in [1.29, 1.82) is 0 Å². The summed E-state index contributed by atoms with van der Waals surface area (Å²) in [4.78, 5) is 0. The molecule has 6 heteroatoms. The molecule has 6 nitrogen and oxygen atoms in total. The van der Waals surface area contributed by atoms with E-state index < -0.39 is 0 Å². The van der Waals surface area contributed by atoms with E-state index in [2.05, 4.69) is 38.2 Å². The first-order chi connectivity index (χ1) is 15.7. The van der Waals surface area contributed by atoms with Crippen LogP contribution in [0.2, 0.25) is 0 Å². The van der Waals surface area contributed by atoms with Gasteiger partial charge in [0.25, 0.3) is 0 Å². The van der Waals surface area contributed by atoms with E-state index >= 15 is 0 Å². The van der Waals surface area contributed by atoms with E-state index in [4.69, 9.17) is 13.9 Å². The van der Waals surface area contributed by atoms with Gasteiger partial charge in [-0.25, -0.2) is 0 Å². The summed E-state index contributed by atoms with van der Waals surface area (Å²) in [5.74, 6) is 2.84. The minimum Gasteiger partial charge on any atom is -0.504 e. The first-order valence-corrected chi connectivity index (χ1v) is 10.9. The summed E-state index contributed by atoms with van der Waals surface area (Å²) in [6.07, 6.45) is 4.02. The van der Waals surface area contributed by atoms with Crippen molar-refractivity contribution in [2.24, 2.45) is 0 Å². The lowest BCUT2D eigenvalue weighted by Crippen LogP contribution is -2.32. The molecule has 2 aliphatic rings. The monoisotopic (exact) mass is 445 g/mol. The van der Waals surface area contributed by atoms with Gasteiger partial charge in [-0.3, -0.25) is 0 Å². The third-order valence-corrected chi connectivity index (χ3v) is 6.07. The van der Waals surface area contributed by atoms with Crippen molar-refractivity contribution in [3.05, 3.63) is 64.6 Å². The van der Waals surface area contributed by atoms with Gasteiger partial charge < -0.3 is 29.4 Å². The Balaban J connectivity index is 1.84. The lowest BCUT2D eigenvalue weighted by atomic mass is 9.83. The van der Waals surface area contributed by atoms with Crippen LogP contribution < -0.4 is 14.8 Å². The molecule has 3 heterocycles. The number of aliphatic hydroxyl groups excluding tert-OH is 1. The molecule has 5 rings (SSSR count). The van der Waals surface area contributed by atoms with Crippen LogP contribution in [0.1, 0.15) is 49.0 Å². The number of hydrogen-bond donors (Lipinski definition) is 3. The predicted octanol–water partition coefficient (Wildman–Crippen LogP) is 5.96. The van der Waals surface area contributed by atoms with Gasteiger partial charge >= 0.3 is 0 Å². The molecule has 0 bridgehead atoms. The number of anilines is 1. The van der Waals surface area contributed by atoms with Crippen LogP contribution in [-0.4, -0.2) is 22.9 Å². The Morgan fingerprint density at radius 2 is 1.88 bits per heavy atom. The maximum atomic E-state index is 10.5. The highest BCUT2D eigenvalue weighted by molar-refractivity contribution is 6.02. The lowest BCUT2D eigenvalue weighted by Gasteiger charge is -2.35. The number of allylic oxidation sites excluding steroid dienone is 1. The number of aliphatic hydroxyl groups is 1. The lowest BCUT2D eigenvalue weighted by molar-refractivity contribution is 0.280. The number of aromatic hydroxyl groups is 1. The number of rotatable bonds is 3. The number of hydrogen-bond acceptors (Lipinski definition) is 6. The van der Waals surface area contributed by atoms with Gasteiger partial charge in [0.15, 0.2) is 11.5 Å². The van der Waals surface area contributed by atoms with Crippen molar-refractivity contribution in [1.82, 2.24) is 0 Å². The number of ether oxygens (including phenoxy) is 2. The van der Waals surface area contributed by atoms with E-state index in [1.54, 1.807) is 12.1 Å². The van der Waals surface area contributed by atoms with Gasteiger partial charge in [-0.1, -0.05) is 12.1 Å². The first-order valence-electron chi connectivity index (χ1n) is 10.9.